The summed E-state index contributed by atoms with van der Waals surface area (Å²) in [6, 6.07) is 9.64. The Morgan fingerprint density at radius 3 is 2.50 bits per heavy atom. The molecule has 4 rings (SSSR count). The first-order valence-corrected chi connectivity index (χ1v) is 9.36. The van der Waals surface area contributed by atoms with Crippen molar-refractivity contribution in [3.05, 3.63) is 52.1 Å². The number of rotatable bonds is 4. The van der Waals surface area contributed by atoms with Crippen molar-refractivity contribution < 1.29 is 19.2 Å². The van der Waals surface area contributed by atoms with Gasteiger partial charge in [0.15, 0.2) is 11.5 Å². The van der Waals surface area contributed by atoms with Crippen molar-refractivity contribution in [2.45, 2.75) is 19.3 Å². The number of anilines is 2. The summed E-state index contributed by atoms with van der Waals surface area (Å²) in [5, 5.41) is 14.0. The van der Waals surface area contributed by atoms with Crippen LogP contribution in [-0.4, -0.2) is 37.1 Å². The number of nitro groups is 1. The van der Waals surface area contributed by atoms with Crippen molar-refractivity contribution in [3.63, 3.8) is 0 Å². The van der Waals surface area contributed by atoms with Crippen LogP contribution in [0.2, 0.25) is 0 Å². The highest BCUT2D eigenvalue weighted by Crippen LogP contribution is 2.33. The number of hydrogen-bond donors (Lipinski definition) is 1. The van der Waals surface area contributed by atoms with E-state index >= 15 is 0 Å². The van der Waals surface area contributed by atoms with Crippen LogP contribution in [0.15, 0.2) is 36.4 Å². The SMILES string of the molecule is O=C(Nc1ccc2c(c1)OCCCO2)c1cc([N+](=O)[O-])ccc1N1CCCC1. The second-order valence-electron chi connectivity index (χ2n) is 6.82. The summed E-state index contributed by atoms with van der Waals surface area (Å²) in [5.41, 5.74) is 1.46. The van der Waals surface area contributed by atoms with Crippen LogP contribution >= 0.6 is 0 Å². The Morgan fingerprint density at radius 2 is 1.75 bits per heavy atom. The molecule has 8 heteroatoms. The Bertz CT molecular complexity index is 909. The first-order valence-electron chi connectivity index (χ1n) is 9.36. The summed E-state index contributed by atoms with van der Waals surface area (Å²) in [6.45, 7) is 2.81. The molecular formula is C20H21N3O5. The molecule has 2 aliphatic rings. The van der Waals surface area contributed by atoms with Gasteiger partial charge in [0.05, 0.1) is 29.4 Å². The van der Waals surface area contributed by atoms with Crippen LogP contribution in [0.25, 0.3) is 0 Å². The molecule has 0 atom stereocenters. The zero-order valence-electron chi connectivity index (χ0n) is 15.3. The van der Waals surface area contributed by atoms with Crippen LogP contribution in [-0.2, 0) is 0 Å². The average molecular weight is 383 g/mol. The van der Waals surface area contributed by atoms with Gasteiger partial charge in [-0.15, -0.1) is 0 Å². The Labute approximate surface area is 162 Å². The van der Waals surface area contributed by atoms with Gasteiger partial charge >= 0.3 is 0 Å². The van der Waals surface area contributed by atoms with Gasteiger partial charge in [-0.05, 0) is 31.0 Å². The van der Waals surface area contributed by atoms with Crippen LogP contribution in [0.1, 0.15) is 29.6 Å². The number of nitrogens with one attached hydrogen (secondary N) is 1. The predicted molar refractivity (Wildman–Crippen MR) is 105 cm³/mol. The molecule has 1 saturated heterocycles. The number of carbonyl (C=O) groups excluding carboxylic acids is 1. The predicted octanol–water partition coefficient (Wildman–Crippen LogP) is 3.61. The largest absolute Gasteiger partial charge is 0.490 e. The van der Waals surface area contributed by atoms with Crippen molar-refractivity contribution in [1.29, 1.82) is 0 Å². The molecule has 2 aliphatic heterocycles. The molecule has 146 valence electrons. The Balaban J connectivity index is 1.62. The van der Waals surface area contributed by atoms with Crippen LogP contribution in [0.4, 0.5) is 17.1 Å². The fourth-order valence-corrected chi connectivity index (χ4v) is 3.49. The van der Waals surface area contributed by atoms with Crippen LogP contribution in [0.5, 0.6) is 11.5 Å². The van der Waals surface area contributed by atoms with E-state index in [2.05, 4.69) is 10.2 Å². The summed E-state index contributed by atoms with van der Waals surface area (Å²) < 4.78 is 11.3. The van der Waals surface area contributed by atoms with Gasteiger partial charge in [-0.25, -0.2) is 0 Å². The molecule has 0 unspecified atom stereocenters. The van der Waals surface area contributed by atoms with E-state index in [4.69, 9.17) is 9.47 Å². The first-order chi connectivity index (χ1) is 13.6. The van der Waals surface area contributed by atoms with Crippen LogP contribution in [0, 0.1) is 10.1 Å². The minimum absolute atomic E-state index is 0.105. The monoisotopic (exact) mass is 383 g/mol. The maximum Gasteiger partial charge on any atom is 0.270 e. The van der Waals surface area contributed by atoms with Crippen molar-refractivity contribution in [3.8, 4) is 11.5 Å². The smallest absolute Gasteiger partial charge is 0.270 e. The van der Waals surface area contributed by atoms with Gasteiger partial charge in [0.1, 0.15) is 0 Å². The number of nitro benzene ring substituents is 1. The Hall–Kier alpha value is -3.29. The molecule has 1 N–H and O–H groups in total. The number of nitrogens with zero attached hydrogens (tertiary/aromatic N) is 2. The maximum atomic E-state index is 13.0. The third kappa shape index (κ3) is 3.71. The van der Waals surface area contributed by atoms with E-state index in [1.807, 2.05) is 0 Å². The highest BCUT2D eigenvalue weighted by Gasteiger charge is 2.23. The van der Waals surface area contributed by atoms with Crippen molar-refractivity contribution in [1.82, 2.24) is 0 Å². The molecule has 2 aromatic carbocycles. The number of non-ortho nitro benzene ring substituents is 1. The molecule has 2 heterocycles. The molecule has 0 aromatic heterocycles. The van der Waals surface area contributed by atoms with E-state index in [-0.39, 0.29) is 11.6 Å². The molecule has 8 nitrogen and oxygen atoms in total. The average Bonchev–Trinajstić information content (AvgIpc) is 3.13. The van der Waals surface area contributed by atoms with Gasteiger partial charge in [-0.2, -0.15) is 0 Å². The second-order valence-corrected chi connectivity index (χ2v) is 6.82. The van der Waals surface area contributed by atoms with Gasteiger partial charge in [0.25, 0.3) is 11.6 Å². The summed E-state index contributed by atoms with van der Waals surface area (Å²) >= 11 is 0. The quantitative estimate of drug-likeness (QED) is 0.640. The van der Waals surface area contributed by atoms with Gasteiger partial charge in [-0.1, -0.05) is 0 Å². The van der Waals surface area contributed by atoms with E-state index < -0.39 is 4.92 Å². The summed E-state index contributed by atoms with van der Waals surface area (Å²) in [6.07, 6.45) is 2.88. The van der Waals surface area contributed by atoms with Crippen molar-refractivity contribution in [2.24, 2.45) is 0 Å². The van der Waals surface area contributed by atoms with Gasteiger partial charge < -0.3 is 19.7 Å². The topological polar surface area (TPSA) is 93.9 Å². The molecule has 1 amide bonds. The van der Waals surface area contributed by atoms with Gasteiger partial charge in [-0.3, -0.25) is 14.9 Å². The molecule has 0 spiro atoms. The maximum absolute atomic E-state index is 13.0. The van der Waals surface area contributed by atoms with Gasteiger partial charge in [0.2, 0.25) is 0 Å². The fourth-order valence-electron chi connectivity index (χ4n) is 3.49. The highest BCUT2D eigenvalue weighted by molar-refractivity contribution is 6.08. The molecule has 2 aromatic rings. The highest BCUT2D eigenvalue weighted by atomic mass is 16.6. The molecular weight excluding hydrogens is 362 g/mol. The lowest BCUT2D eigenvalue weighted by Gasteiger charge is -2.21. The third-order valence-electron chi connectivity index (χ3n) is 4.89. The van der Waals surface area contributed by atoms with Crippen molar-refractivity contribution in [2.75, 3.05) is 36.5 Å². The number of fused-ring (bicyclic) bond motifs is 1. The van der Waals surface area contributed by atoms with Gasteiger partial charge in [0, 0.05) is 43.4 Å². The molecule has 1 fully saturated rings. The number of amides is 1. The van der Waals surface area contributed by atoms with E-state index in [1.54, 1.807) is 24.3 Å². The Morgan fingerprint density at radius 1 is 1.00 bits per heavy atom. The minimum atomic E-state index is -0.488. The zero-order chi connectivity index (χ0) is 19.5. The second kappa shape index (κ2) is 7.75. The lowest BCUT2D eigenvalue weighted by Crippen LogP contribution is -2.23. The summed E-state index contributed by atoms with van der Waals surface area (Å²) in [7, 11) is 0. The third-order valence-corrected chi connectivity index (χ3v) is 4.89. The molecule has 0 radical (unpaired) electrons. The van der Waals surface area contributed by atoms with E-state index in [0.29, 0.717) is 36.0 Å². The molecule has 0 saturated carbocycles. The standard InChI is InChI=1S/C20H21N3O5/c24-20(21-14-4-7-18-19(12-14)28-11-3-10-27-18)16-13-15(23(25)26)5-6-17(16)22-8-1-2-9-22/h4-7,12-13H,1-3,8-11H2,(H,21,24). The minimum Gasteiger partial charge on any atom is -0.490 e. The summed E-state index contributed by atoms with van der Waals surface area (Å²) in [5.74, 6) is 0.831. The number of carbonyl (C=O) groups is 1. The van der Waals surface area contributed by atoms with Crippen LogP contribution in [0.3, 0.4) is 0 Å². The van der Waals surface area contributed by atoms with E-state index in [1.165, 1.54) is 12.1 Å². The van der Waals surface area contributed by atoms with E-state index in [9.17, 15) is 14.9 Å². The van der Waals surface area contributed by atoms with E-state index in [0.717, 1.165) is 38.0 Å². The lowest BCUT2D eigenvalue weighted by molar-refractivity contribution is -0.384. The summed E-state index contributed by atoms with van der Waals surface area (Å²) in [4.78, 5) is 25.8. The number of ether oxygens (including phenoxy) is 2. The van der Waals surface area contributed by atoms with Crippen LogP contribution < -0.4 is 19.7 Å². The normalized spacial score (nSPS) is 15.8. The van der Waals surface area contributed by atoms with Crippen molar-refractivity contribution >= 4 is 23.0 Å². The number of benzene rings is 2. The molecule has 0 aliphatic carbocycles. The first kappa shape index (κ1) is 18.1. The molecule has 28 heavy (non-hydrogen) atoms. The fraction of sp³-hybridized carbons (Fsp3) is 0.350. The lowest BCUT2D eigenvalue weighted by atomic mass is 10.1. The molecule has 0 bridgehead atoms. The number of hydrogen-bond acceptors (Lipinski definition) is 6. The zero-order valence-corrected chi connectivity index (χ0v) is 15.3. The Kier molecular flexibility index (Phi) is 5.01.